The second-order valence-electron chi connectivity index (χ2n) is 3.65. The number of aryl methyl sites for hydroxylation is 1. The van der Waals surface area contributed by atoms with Gasteiger partial charge in [-0.2, -0.15) is 0 Å². The van der Waals surface area contributed by atoms with Crippen LogP contribution in [0.15, 0.2) is 18.2 Å². The summed E-state index contributed by atoms with van der Waals surface area (Å²) >= 11 is 0. The van der Waals surface area contributed by atoms with E-state index < -0.39 is 0 Å². The summed E-state index contributed by atoms with van der Waals surface area (Å²) in [6.45, 7) is 2.11. The number of nitrogens with two attached hydrogens (primary N) is 1. The predicted octanol–water partition coefficient (Wildman–Crippen LogP) is 1.12. The summed E-state index contributed by atoms with van der Waals surface area (Å²) in [5.74, 6) is 0.916. The minimum atomic E-state index is -0.178. The highest BCUT2D eigenvalue weighted by atomic mass is 16.5. The zero-order valence-corrected chi connectivity index (χ0v) is 9.36. The fourth-order valence-corrected chi connectivity index (χ4v) is 1.60. The lowest BCUT2D eigenvalue weighted by atomic mass is 10.0. The third-order valence-corrected chi connectivity index (χ3v) is 2.46. The van der Waals surface area contributed by atoms with Gasteiger partial charge in [-0.25, -0.2) is 0 Å². The molecule has 0 aliphatic heterocycles. The molecule has 3 heteroatoms. The zero-order chi connectivity index (χ0) is 11.3. The van der Waals surface area contributed by atoms with E-state index in [-0.39, 0.29) is 12.6 Å². The monoisotopic (exact) mass is 209 g/mol. The highest BCUT2D eigenvalue weighted by molar-refractivity contribution is 5.37. The molecule has 0 aliphatic carbocycles. The number of methoxy groups -OCH3 is 1. The molecule has 0 bridgehead atoms. The van der Waals surface area contributed by atoms with E-state index in [2.05, 4.69) is 13.0 Å². The molecule has 0 saturated heterocycles. The van der Waals surface area contributed by atoms with Crippen LogP contribution >= 0.6 is 0 Å². The standard InChI is InChI=1S/C12H19NO2/c1-3-10-6-9(7-11(13)8-14)4-5-12(10)15-2/h4-6,11,14H,3,7-8,13H2,1-2H3. The third-order valence-electron chi connectivity index (χ3n) is 2.46. The average Bonchev–Trinajstić information content (AvgIpc) is 2.28. The van der Waals surface area contributed by atoms with E-state index >= 15 is 0 Å². The molecular weight excluding hydrogens is 190 g/mol. The lowest BCUT2D eigenvalue weighted by Gasteiger charge is -2.11. The normalized spacial score (nSPS) is 12.5. The van der Waals surface area contributed by atoms with Gasteiger partial charge in [0.1, 0.15) is 5.75 Å². The molecule has 3 nitrogen and oxygen atoms in total. The molecule has 1 rings (SSSR count). The highest BCUT2D eigenvalue weighted by Gasteiger charge is 2.06. The van der Waals surface area contributed by atoms with E-state index in [0.29, 0.717) is 6.42 Å². The van der Waals surface area contributed by atoms with Crippen molar-refractivity contribution in [2.45, 2.75) is 25.8 Å². The number of ether oxygens (including phenoxy) is 1. The van der Waals surface area contributed by atoms with Gasteiger partial charge in [-0.15, -0.1) is 0 Å². The Hall–Kier alpha value is -1.06. The summed E-state index contributed by atoms with van der Waals surface area (Å²) in [6.07, 6.45) is 1.64. The molecule has 3 N–H and O–H groups in total. The van der Waals surface area contributed by atoms with Crippen LogP contribution in [0.4, 0.5) is 0 Å². The maximum Gasteiger partial charge on any atom is 0.122 e. The zero-order valence-electron chi connectivity index (χ0n) is 9.36. The van der Waals surface area contributed by atoms with Crippen molar-refractivity contribution in [3.05, 3.63) is 29.3 Å². The Morgan fingerprint density at radius 1 is 1.47 bits per heavy atom. The molecule has 0 fully saturated rings. The van der Waals surface area contributed by atoms with Crippen molar-refractivity contribution >= 4 is 0 Å². The summed E-state index contributed by atoms with van der Waals surface area (Å²) in [5.41, 5.74) is 8.01. The van der Waals surface area contributed by atoms with E-state index in [0.717, 1.165) is 17.7 Å². The molecule has 0 aromatic heterocycles. The van der Waals surface area contributed by atoms with E-state index in [1.54, 1.807) is 7.11 Å². The maximum atomic E-state index is 8.87. The minimum Gasteiger partial charge on any atom is -0.496 e. The van der Waals surface area contributed by atoms with Crippen LogP contribution in [-0.4, -0.2) is 24.9 Å². The van der Waals surface area contributed by atoms with E-state index in [4.69, 9.17) is 15.6 Å². The maximum absolute atomic E-state index is 8.87. The second-order valence-corrected chi connectivity index (χ2v) is 3.65. The number of aliphatic hydroxyl groups is 1. The Morgan fingerprint density at radius 2 is 2.20 bits per heavy atom. The third kappa shape index (κ3) is 3.22. The quantitative estimate of drug-likeness (QED) is 0.764. The molecule has 0 radical (unpaired) electrons. The molecule has 15 heavy (non-hydrogen) atoms. The van der Waals surface area contributed by atoms with E-state index in [9.17, 15) is 0 Å². The van der Waals surface area contributed by atoms with Gasteiger partial charge >= 0.3 is 0 Å². The predicted molar refractivity (Wildman–Crippen MR) is 61.1 cm³/mol. The Balaban J connectivity index is 2.83. The molecule has 0 heterocycles. The van der Waals surface area contributed by atoms with Crippen molar-refractivity contribution in [2.75, 3.05) is 13.7 Å². The van der Waals surface area contributed by atoms with Crippen LogP contribution in [0.5, 0.6) is 5.75 Å². The van der Waals surface area contributed by atoms with E-state index in [1.165, 1.54) is 5.56 Å². The van der Waals surface area contributed by atoms with Gasteiger partial charge < -0.3 is 15.6 Å². The summed E-state index contributed by atoms with van der Waals surface area (Å²) < 4.78 is 5.24. The molecule has 0 amide bonds. The first-order chi connectivity index (χ1) is 7.21. The molecule has 0 aliphatic rings. The van der Waals surface area contributed by atoms with Crippen LogP contribution < -0.4 is 10.5 Å². The Labute approximate surface area is 90.9 Å². The van der Waals surface area contributed by atoms with Crippen LogP contribution in [-0.2, 0) is 12.8 Å². The van der Waals surface area contributed by atoms with Gasteiger partial charge in [0.25, 0.3) is 0 Å². The number of rotatable bonds is 5. The van der Waals surface area contributed by atoms with Gasteiger partial charge in [-0.1, -0.05) is 19.1 Å². The summed E-state index contributed by atoms with van der Waals surface area (Å²) in [6, 6.07) is 5.86. The molecule has 84 valence electrons. The van der Waals surface area contributed by atoms with Crippen LogP contribution in [0.3, 0.4) is 0 Å². The van der Waals surface area contributed by atoms with Crippen molar-refractivity contribution < 1.29 is 9.84 Å². The Kier molecular flexibility index (Phi) is 4.59. The number of hydrogen-bond acceptors (Lipinski definition) is 3. The molecule has 1 aromatic carbocycles. The summed E-state index contributed by atoms with van der Waals surface area (Å²) in [7, 11) is 1.67. The summed E-state index contributed by atoms with van der Waals surface area (Å²) in [4.78, 5) is 0. The number of hydrogen-bond donors (Lipinski definition) is 2. The second kappa shape index (κ2) is 5.73. The molecule has 0 spiro atoms. The van der Waals surface area contributed by atoms with E-state index in [1.807, 2.05) is 12.1 Å². The number of aliphatic hydroxyl groups excluding tert-OH is 1. The van der Waals surface area contributed by atoms with Crippen LogP contribution in [0.25, 0.3) is 0 Å². The fourth-order valence-electron chi connectivity index (χ4n) is 1.60. The molecule has 1 atom stereocenters. The largest absolute Gasteiger partial charge is 0.496 e. The smallest absolute Gasteiger partial charge is 0.122 e. The Morgan fingerprint density at radius 3 is 2.73 bits per heavy atom. The first kappa shape index (κ1) is 12.0. The fraction of sp³-hybridized carbons (Fsp3) is 0.500. The van der Waals surface area contributed by atoms with Crippen molar-refractivity contribution in [3.63, 3.8) is 0 Å². The van der Waals surface area contributed by atoms with Gasteiger partial charge in [0.05, 0.1) is 13.7 Å². The van der Waals surface area contributed by atoms with Crippen molar-refractivity contribution in [1.82, 2.24) is 0 Å². The highest BCUT2D eigenvalue weighted by Crippen LogP contribution is 2.20. The first-order valence-electron chi connectivity index (χ1n) is 5.23. The number of benzene rings is 1. The summed E-state index contributed by atoms with van der Waals surface area (Å²) in [5, 5.41) is 8.87. The van der Waals surface area contributed by atoms with Crippen molar-refractivity contribution in [3.8, 4) is 5.75 Å². The van der Waals surface area contributed by atoms with Crippen LogP contribution in [0.2, 0.25) is 0 Å². The van der Waals surface area contributed by atoms with Gasteiger partial charge in [0, 0.05) is 6.04 Å². The Bertz CT molecular complexity index is 312. The van der Waals surface area contributed by atoms with Gasteiger partial charge in [0.2, 0.25) is 0 Å². The van der Waals surface area contributed by atoms with Crippen molar-refractivity contribution in [2.24, 2.45) is 5.73 Å². The van der Waals surface area contributed by atoms with Gasteiger partial charge in [0.15, 0.2) is 0 Å². The minimum absolute atomic E-state index is 0.0213. The van der Waals surface area contributed by atoms with Crippen LogP contribution in [0, 0.1) is 0 Å². The molecule has 1 aromatic rings. The van der Waals surface area contributed by atoms with Crippen molar-refractivity contribution in [1.29, 1.82) is 0 Å². The topological polar surface area (TPSA) is 55.5 Å². The van der Waals surface area contributed by atoms with Gasteiger partial charge in [-0.3, -0.25) is 0 Å². The lowest BCUT2D eigenvalue weighted by Crippen LogP contribution is -2.26. The molecule has 1 unspecified atom stereocenters. The lowest BCUT2D eigenvalue weighted by molar-refractivity contribution is 0.265. The average molecular weight is 209 g/mol. The first-order valence-corrected chi connectivity index (χ1v) is 5.23. The molecular formula is C12H19NO2. The molecule has 0 saturated carbocycles. The SMILES string of the molecule is CCc1cc(CC(N)CO)ccc1OC. The van der Waals surface area contributed by atoms with Gasteiger partial charge in [-0.05, 0) is 30.0 Å². The van der Waals surface area contributed by atoms with Crippen LogP contribution in [0.1, 0.15) is 18.1 Å².